The van der Waals surface area contributed by atoms with Crippen LogP contribution in [-0.2, 0) is 20.0 Å². The molecule has 0 unspecified atom stereocenters. The lowest BCUT2D eigenvalue weighted by molar-refractivity contribution is 0.569. The van der Waals surface area contributed by atoms with Gasteiger partial charge in [-0.2, -0.15) is 0 Å². The standard InChI is InChI=1S/C14H12FN3O4S2/c15-11-5-9-10(7-18-12(9)6-14(11)24(17,21)22)8-3-1-2-4-13(8)23(16,19)20/h1-7,18H,(H2,16,19,20)(H2,17,21,22). The average Bonchev–Trinajstić information content (AvgIpc) is 2.87. The number of sulfonamides is 2. The summed E-state index contributed by atoms with van der Waals surface area (Å²) < 4.78 is 60.4. The first-order chi connectivity index (χ1) is 11.1. The first-order valence-corrected chi connectivity index (χ1v) is 9.64. The normalized spacial score (nSPS) is 12.6. The molecule has 0 saturated heterocycles. The van der Waals surface area contributed by atoms with Gasteiger partial charge in [0.25, 0.3) is 0 Å². The fourth-order valence-electron chi connectivity index (χ4n) is 2.50. The van der Waals surface area contributed by atoms with E-state index in [0.29, 0.717) is 16.5 Å². The van der Waals surface area contributed by atoms with E-state index in [-0.39, 0.29) is 10.5 Å². The quantitative estimate of drug-likeness (QED) is 0.640. The van der Waals surface area contributed by atoms with Crippen molar-refractivity contribution in [2.45, 2.75) is 9.79 Å². The number of fused-ring (bicyclic) bond motifs is 1. The van der Waals surface area contributed by atoms with Crippen molar-refractivity contribution in [1.82, 2.24) is 4.98 Å². The zero-order valence-corrected chi connectivity index (χ0v) is 13.7. The van der Waals surface area contributed by atoms with Gasteiger partial charge in [-0.15, -0.1) is 0 Å². The Morgan fingerprint density at radius 1 is 0.875 bits per heavy atom. The number of rotatable bonds is 3. The SMILES string of the molecule is NS(=O)(=O)c1cc2[nH]cc(-c3ccccc3S(N)(=O)=O)c2cc1F. The molecule has 10 heteroatoms. The van der Waals surface area contributed by atoms with Gasteiger partial charge >= 0.3 is 0 Å². The van der Waals surface area contributed by atoms with Crippen LogP contribution in [0.2, 0.25) is 0 Å². The van der Waals surface area contributed by atoms with E-state index >= 15 is 0 Å². The van der Waals surface area contributed by atoms with Crippen molar-refractivity contribution >= 4 is 30.9 Å². The van der Waals surface area contributed by atoms with Crippen LogP contribution in [0.4, 0.5) is 4.39 Å². The average molecular weight is 369 g/mol. The van der Waals surface area contributed by atoms with Gasteiger partial charge in [-0.3, -0.25) is 0 Å². The number of nitrogens with two attached hydrogens (primary N) is 2. The minimum absolute atomic E-state index is 0.123. The van der Waals surface area contributed by atoms with Gasteiger partial charge in [0, 0.05) is 28.2 Å². The molecule has 1 heterocycles. The van der Waals surface area contributed by atoms with Crippen molar-refractivity contribution in [3.05, 3.63) is 48.4 Å². The Kier molecular flexibility index (Phi) is 3.72. The minimum atomic E-state index is -4.22. The van der Waals surface area contributed by atoms with Crippen molar-refractivity contribution in [3.63, 3.8) is 0 Å². The third-order valence-corrected chi connectivity index (χ3v) is 5.42. The first kappa shape index (κ1) is 16.6. The molecule has 0 amide bonds. The molecule has 0 aliphatic heterocycles. The van der Waals surface area contributed by atoms with Gasteiger partial charge in [0.2, 0.25) is 20.0 Å². The van der Waals surface area contributed by atoms with E-state index in [1.54, 1.807) is 6.07 Å². The van der Waals surface area contributed by atoms with Crippen LogP contribution < -0.4 is 10.3 Å². The molecular formula is C14H12FN3O4S2. The number of H-pyrrole nitrogens is 1. The smallest absolute Gasteiger partial charge is 0.241 e. The molecule has 1 aromatic heterocycles. The van der Waals surface area contributed by atoms with Gasteiger partial charge in [-0.05, 0) is 18.2 Å². The van der Waals surface area contributed by atoms with Gasteiger partial charge in [-0.25, -0.2) is 31.5 Å². The maximum atomic E-state index is 14.1. The first-order valence-electron chi connectivity index (χ1n) is 6.54. The van der Waals surface area contributed by atoms with E-state index in [1.807, 2.05) is 0 Å². The van der Waals surface area contributed by atoms with Crippen molar-refractivity contribution in [1.29, 1.82) is 0 Å². The summed E-state index contributed by atoms with van der Waals surface area (Å²) in [6.07, 6.45) is 1.45. The molecule has 0 saturated carbocycles. The molecule has 0 spiro atoms. The molecule has 0 bridgehead atoms. The van der Waals surface area contributed by atoms with E-state index in [2.05, 4.69) is 4.98 Å². The highest BCUT2D eigenvalue weighted by Crippen LogP contribution is 2.34. The number of hydrogen-bond donors (Lipinski definition) is 3. The van der Waals surface area contributed by atoms with Crippen LogP contribution in [0.15, 0.2) is 52.4 Å². The molecule has 24 heavy (non-hydrogen) atoms. The molecular weight excluding hydrogens is 357 g/mol. The Hall–Kier alpha value is -2.27. The van der Waals surface area contributed by atoms with E-state index in [9.17, 15) is 21.2 Å². The van der Waals surface area contributed by atoms with E-state index in [1.165, 1.54) is 24.4 Å². The molecule has 126 valence electrons. The molecule has 0 fully saturated rings. The third kappa shape index (κ3) is 2.80. The molecule has 3 rings (SSSR count). The summed E-state index contributed by atoms with van der Waals surface area (Å²) in [6, 6.07) is 8.02. The number of halogens is 1. The lowest BCUT2D eigenvalue weighted by Gasteiger charge is -2.07. The topological polar surface area (TPSA) is 136 Å². The largest absolute Gasteiger partial charge is 0.361 e. The molecule has 0 aliphatic rings. The summed E-state index contributed by atoms with van der Waals surface area (Å²) in [7, 11) is -8.22. The maximum absolute atomic E-state index is 14.1. The highest BCUT2D eigenvalue weighted by molar-refractivity contribution is 7.89. The molecule has 0 aliphatic carbocycles. The van der Waals surface area contributed by atoms with Gasteiger partial charge in [0.1, 0.15) is 10.7 Å². The second-order valence-corrected chi connectivity index (χ2v) is 8.18. The summed E-state index contributed by atoms with van der Waals surface area (Å²) in [4.78, 5) is 2.01. The summed E-state index contributed by atoms with van der Waals surface area (Å²) >= 11 is 0. The molecule has 0 atom stereocenters. The van der Waals surface area contributed by atoms with Crippen molar-refractivity contribution in [2.75, 3.05) is 0 Å². The van der Waals surface area contributed by atoms with Crippen molar-refractivity contribution in [2.24, 2.45) is 10.3 Å². The Labute approximate surface area is 137 Å². The highest BCUT2D eigenvalue weighted by atomic mass is 32.2. The molecule has 5 N–H and O–H groups in total. The van der Waals surface area contributed by atoms with Crippen molar-refractivity contribution < 1.29 is 21.2 Å². The Bertz CT molecular complexity index is 1170. The van der Waals surface area contributed by atoms with Gasteiger partial charge in [-0.1, -0.05) is 18.2 Å². The van der Waals surface area contributed by atoms with Gasteiger partial charge < -0.3 is 4.98 Å². The summed E-state index contributed by atoms with van der Waals surface area (Å²) in [5, 5.41) is 10.5. The fraction of sp³-hybridized carbons (Fsp3) is 0. The lowest BCUT2D eigenvalue weighted by atomic mass is 10.0. The fourth-order valence-corrected chi connectivity index (χ4v) is 3.87. The molecule has 7 nitrogen and oxygen atoms in total. The predicted molar refractivity (Wildman–Crippen MR) is 86.4 cm³/mol. The van der Waals surface area contributed by atoms with Crippen LogP contribution in [0.25, 0.3) is 22.0 Å². The third-order valence-electron chi connectivity index (χ3n) is 3.52. The van der Waals surface area contributed by atoms with Crippen LogP contribution in [0.3, 0.4) is 0 Å². The van der Waals surface area contributed by atoms with Gasteiger partial charge in [0.05, 0.1) is 4.90 Å². The van der Waals surface area contributed by atoms with Gasteiger partial charge in [0.15, 0.2) is 0 Å². The van der Waals surface area contributed by atoms with Crippen LogP contribution in [0.5, 0.6) is 0 Å². The molecule has 2 aromatic carbocycles. The van der Waals surface area contributed by atoms with Crippen LogP contribution in [0, 0.1) is 5.82 Å². The predicted octanol–water partition coefficient (Wildman–Crippen LogP) is 1.27. The number of benzene rings is 2. The highest BCUT2D eigenvalue weighted by Gasteiger charge is 2.20. The van der Waals surface area contributed by atoms with Crippen LogP contribution in [-0.4, -0.2) is 21.8 Å². The summed E-state index contributed by atoms with van der Waals surface area (Å²) in [5.74, 6) is -1.03. The zero-order valence-electron chi connectivity index (χ0n) is 12.0. The molecule has 0 radical (unpaired) electrons. The van der Waals surface area contributed by atoms with E-state index in [4.69, 9.17) is 10.3 Å². The number of aromatic amines is 1. The second kappa shape index (κ2) is 5.38. The van der Waals surface area contributed by atoms with Crippen LogP contribution >= 0.6 is 0 Å². The maximum Gasteiger partial charge on any atom is 0.241 e. The Morgan fingerprint density at radius 3 is 2.12 bits per heavy atom. The second-order valence-electron chi connectivity index (χ2n) is 5.12. The molecule has 3 aromatic rings. The van der Waals surface area contributed by atoms with Crippen LogP contribution in [0.1, 0.15) is 0 Å². The number of primary sulfonamides is 2. The number of hydrogen-bond acceptors (Lipinski definition) is 4. The Balaban J connectivity index is 2.34. The van der Waals surface area contributed by atoms with E-state index < -0.39 is 30.8 Å². The van der Waals surface area contributed by atoms with E-state index in [0.717, 1.165) is 12.1 Å². The summed E-state index contributed by atoms with van der Waals surface area (Å²) in [5.41, 5.74) is 0.933. The Morgan fingerprint density at radius 2 is 1.50 bits per heavy atom. The van der Waals surface area contributed by atoms with Crippen molar-refractivity contribution in [3.8, 4) is 11.1 Å². The lowest BCUT2D eigenvalue weighted by Crippen LogP contribution is -2.14. The minimum Gasteiger partial charge on any atom is -0.361 e. The number of nitrogens with one attached hydrogen (secondary N) is 1. The number of aromatic nitrogens is 1. The monoisotopic (exact) mass is 369 g/mol. The zero-order chi connectivity index (χ0) is 17.7. The summed E-state index contributed by atoms with van der Waals surface area (Å²) in [6.45, 7) is 0.